The minimum atomic E-state index is -0.880. The second-order valence-electron chi connectivity index (χ2n) is 6.05. The average molecular weight is 364 g/mol. The molecule has 1 aromatic heterocycles. The molecule has 0 unspecified atom stereocenters. The molecular formula is C17H21FN4O2S. The Bertz CT molecular complexity index is 759. The summed E-state index contributed by atoms with van der Waals surface area (Å²) in [7, 11) is 0. The lowest BCUT2D eigenvalue weighted by Crippen LogP contribution is -2.39. The van der Waals surface area contributed by atoms with Crippen molar-refractivity contribution in [2.24, 2.45) is 11.7 Å². The fraction of sp³-hybridized carbons (Fsp3) is 0.353. The molecule has 8 heteroatoms. The van der Waals surface area contributed by atoms with E-state index >= 15 is 0 Å². The van der Waals surface area contributed by atoms with E-state index in [1.807, 2.05) is 4.57 Å². The van der Waals surface area contributed by atoms with Crippen LogP contribution in [0, 0.1) is 11.7 Å². The van der Waals surface area contributed by atoms with Crippen LogP contribution < -0.4 is 11.1 Å². The Hall–Kier alpha value is -2.35. The van der Waals surface area contributed by atoms with Crippen molar-refractivity contribution in [3.8, 4) is 11.3 Å². The number of nitrogens with zero attached hydrogens (tertiary/aromatic N) is 2. The lowest BCUT2D eigenvalue weighted by atomic mass is 10.1. The minimum Gasteiger partial charge on any atom is -0.351 e. The average Bonchev–Trinajstić information content (AvgIpc) is 2.89. The highest BCUT2D eigenvalue weighted by molar-refractivity contribution is 8.00. The number of urea groups is 1. The first kappa shape index (κ1) is 19.0. The van der Waals surface area contributed by atoms with Crippen LogP contribution in [0.1, 0.15) is 20.8 Å². The molecule has 0 bridgehead atoms. The van der Waals surface area contributed by atoms with Gasteiger partial charge in [0.25, 0.3) is 0 Å². The molecule has 0 saturated carbocycles. The first-order valence-electron chi connectivity index (χ1n) is 7.86. The van der Waals surface area contributed by atoms with E-state index in [1.54, 1.807) is 25.3 Å². The standard InChI is InChI=1S/C17H21FN4O2S/c1-10(2)9-22-14(12-4-6-13(18)7-5-12)8-20-17(22)25-11(3)15(23)21-16(19)24/h4-8,10-11H,9H2,1-3H3,(H3,19,21,23,24)/t11-/m0/s1. The maximum atomic E-state index is 13.2. The van der Waals surface area contributed by atoms with Gasteiger partial charge in [0.2, 0.25) is 5.91 Å². The number of halogens is 1. The summed E-state index contributed by atoms with van der Waals surface area (Å²) in [4.78, 5) is 27.1. The third-order valence-corrected chi connectivity index (χ3v) is 4.51. The predicted molar refractivity (Wildman–Crippen MR) is 95.5 cm³/mol. The van der Waals surface area contributed by atoms with E-state index in [4.69, 9.17) is 5.73 Å². The number of rotatable bonds is 6. The normalized spacial score (nSPS) is 12.2. The highest BCUT2D eigenvalue weighted by Gasteiger charge is 2.21. The zero-order chi connectivity index (χ0) is 18.6. The molecule has 2 aromatic rings. The number of aromatic nitrogens is 2. The molecule has 1 heterocycles. The first-order chi connectivity index (χ1) is 11.8. The molecule has 0 spiro atoms. The number of hydrogen-bond donors (Lipinski definition) is 2. The summed E-state index contributed by atoms with van der Waals surface area (Å²) in [5.74, 6) is -0.424. The fourth-order valence-electron chi connectivity index (χ4n) is 2.28. The van der Waals surface area contributed by atoms with E-state index in [1.165, 1.54) is 23.9 Å². The Balaban J connectivity index is 2.30. The topological polar surface area (TPSA) is 90.0 Å². The SMILES string of the molecule is CC(C)Cn1c(-c2ccc(F)cc2)cnc1S[C@@H](C)C(=O)NC(N)=O. The minimum absolute atomic E-state index is 0.301. The van der Waals surface area contributed by atoms with Crippen molar-refractivity contribution in [3.05, 3.63) is 36.3 Å². The van der Waals surface area contributed by atoms with E-state index in [9.17, 15) is 14.0 Å². The van der Waals surface area contributed by atoms with E-state index in [0.29, 0.717) is 17.6 Å². The van der Waals surface area contributed by atoms with Crippen molar-refractivity contribution in [3.63, 3.8) is 0 Å². The summed E-state index contributed by atoms with van der Waals surface area (Å²) in [5, 5.41) is 2.18. The number of nitrogens with two attached hydrogens (primary N) is 1. The summed E-state index contributed by atoms with van der Waals surface area (Å²) >= 11 is 1.24. The highest BCUT2D eigenvalue weighted by Crippen LogP contribution is 2.29. The number of benzene rings is 1. The zero-order valence-electron chi connectivity index (χ0n) is 14.3. The van der Waals surface area contributed by atoms with Crippen molar-refractivity contribution in [1.82, 2.24) is 14.9 Å². The van der Waals surface area contributed by atoms with Crippen LogP contribution in [0.5, 0.6) is 0 Å². The van der Waals surface area contributed by atoms with Gasteiger partial charge < -0.3 is 10.3 Å². The Morgan fingerprint density at radius 3 is 2.48 bits per heavy atom. The van der Waals surface area contributed by atoms with Gasteiger partial charge in [-0.1, -0.05) is 25.6 Å². The third kappa shape index (κ3) is 5.06. The van der Waals surface area contributed by atoms with Crippen molar-refractivity contribution in [2.75, 3.05) is 0 Å². The Labute approximate surface area is 150 Å². The summed E-state index contributed by atoms with van der Waals surface area (Å²) < 4.78 is 15.2. The molecule has 3 N–H and O–H groups in total. The summed E-state index contributed by atoms with van der Waals surface area (Å²) in [6.07, 6.45) is 1.71. The number of imide groups is 1. The van der Waals surface area contributed by atoms with Gasteiger partial charge in [-0.3, -0.25) is 10.1 Å². The van der Waals surface area contributed by atoms with Crippen LogP contribution in [0.15, 0.2) is 35.6 Å². The maximum Gasteiger partial charge on any atom is 0.318 e. The molecule has 134 valence electrons. The van der Waals surface area contributed by atoms with Crippen LogP contribution in [0.3, 0.4) is 0 Å². The van der Waals surface area contributed by atoms with E-state index in [0.717, 1.165) is 11.3 Å². The Morgan fingerprint density at radius 1 is 1.28 bits per heavy atom. The third-order valence-electron chi connectivity index (χ3n) is 3.40. The second kappa shape index (κ2) is 8.15. The fourth-order valence-corrected chi connectivity index (χ4v) is 3.18. The maximum absolute atomic E-state index is 13.2. The summed E-state index contributed by atoms with van der Waals surface area (Å²) in [6, 6.07) is 5.31. The van der Waals surface area contributed by atoms with Gasteiger partial charge >= 0.3 is 6.03 Å². The van der Waals surface area contributed by atoms with E-state index in [-0.39, 0.29) is 5.82 Å². The zero-order valence-corrected chi connectivity index (χ0v) is 15.1. The molecule has 1 aromatic carbocycles. The van der Waals surface area contributed by atoms with Gasteiger partial charge in [-0.25, -0.2) is 14.2 Å². The van der Waals surface area contributed by atoms with Gasteiger partial charge in [0.05, 0.1) is 17.1 Å². The quantitative estimate of drug-likeness (QED) is 0.771. The molecule has 0 radical (unpaired) electrons. The predicted octanol–water partition coefficient (Wildman–Crippen LogP) is 3.02. The number of carbonyl (C=O) groups excluding carboxylic acids is 2. The van der Waals surface area contributed by atoms with Crippen molar-refractivity contribution < 1.29 is 14.0 Å². The first-order valence-corrected chi connectivity index (χ1v) is 8.74. The molecule has 6 nitrogen and oxygen atoms in total. The Morgan fingerprint density at radius 2 is 1.92 bits per heavy atom. The van der Waals surface area contributed by atoms with Crippen molar-refractivity contribution in [2.45, 2.75) is 37.7 Å². The molecule has 0 aliphatic carbocycles. The van der Waals surface area contributed by atoms with Crippen LogP contribution in [-0.4, -0.2) is 26.7 Å². The lowest BCUT2D eigenvalue weighted by Gasteiger charge is -2.16. The van der Waals surface area contributed by atoms with Crippen LogP contribution in [-0.2, 0) is 11.3 Å². The van der Waals surface area contributed by atoms with Gasteiger partial charge in [-0.15, -0.1) is 0 Å². The number of primary amides is 1. The van der Waals surface area contributed by atoms with Crippen molar-refractivity contribution in [1.29, 1.82) is 0 Å². The number of carbonyl (C=O) groups is 2. The van der Waals surface area contributed by atoms with Crippen LogP contribution in [0.2, 0.25) is 0 Å². The Kier molecular flexibility index (Phi) is 6.19. The molecule has 2 rings (SSSR count). The van der Waals surface area contributed by atoms with Gasteiger partial charge in [0, 0.05) is 6.54 Å². The van der Waals surface area contributed by atoms with Gasteiger partial charge in [0.1, 0.15) is 5.82 Å². The van der Waals surface area contributed by atoms with Crippen LogP contribution >= 0.6 is 11.8 Å². The van der Waals surface area contributed by atoms with Gasteiger partial charge in [0.15, 0.2) is 5.16 Å². The smallest absolute Gasteiger partial charge is 0.318 e. The lowest BCUT2D eigenvalue weighted by molar-refractivity contribution is -0.119. The van der Waals surface area contributed by atoms with E-state index in [2.05, 4.69) is 24.1 Å². The number of thioether (sulfide) groups is 1. The summed E-state index contributed by atoms with van der Waals surface area (Å²) in [5.41, 5.74) is 6.67. The number of amides is 3. The molecule has 1 atom stereocenters. The van der Waals surface area contributed by atoms with E-state index < -0.39 is 17.2 Å². The molecule has 0 aliphatic heterocycles. The molecule has 25 heavy (non-hydrogen) atoms. The number of nitrogens with one attached hydrogen (secondary N) is 1. The molecular weight excluding hydrogens is 343 g/mol. The molecule has 0 saturated heterocycles. The molecule has 0 aliphatic rings. The van der Waals surface area contributed by atoms with Crippen LogP contribution in [0.4, 0.5) is 9.18 Å². The van der Waals surface area contributed by atoms with Crippen LogP contribution in [0.25, 0.3) is 11.3 Å². The molecule has 3 amide bonds. The number of hydrogen-bond acceptors (Lipinski definition) is 4. The largest absolute Gasteiger partial charge is 0.351 e. The second-order valence-corrected chi connectivity index (χ2v) is 7.36. The van der Waals surface area contributed by atoms with Gasteiger partial charge in [-0.2, -0.15) is 0 Å². The van der Waals surface area contributed by atoms with Gasteiger partial charge in [-0.05, 0) is 42.7 Å². The highest BCUT2D eigenvalue weighted by atomic mass is 32.2. The number of imidazole rings is 1. The van der Waals surface area contributed by atoms with Crippen molar-refractivity contribution >= 4 is 23.7 Å². The molecule has 0 fully saturated rings. The monoisotopic (exact) mass is 364 g/mol. The summed E-state index contributed by atoms with van der Waals surface area (Å²) in [6.45, 7) is 6.52.